The van der Waals surface area contributed by atoms with Gasteiger partial charge in [0.05, 0.1) is 0 Å². The third-order valence-electron chi connectivity index (χ3n) is 2.02. The minimum absolute atomic E-state index is 0.621. The number of hydrogen-bond acceptors (Lipinski definition) is 2. The lowest BCUT2D eigenvalue weighted by Crippen LogP contribution is -2.40. The third kappa shape index (κ3) is 1.02. The number of nitrogens with one attached hydrogen (secondary N) is 1. The van der Waals surface area contributed by atoms with Crippen molar-refractivity contribution in [2.45, 2.75) is 17.7 Å². The molecule has 2 heteroatoms. The molecule has 0 amide bonds. The Morgan fingerprint density at radius 1 is 1.70 bits per heavy atom. The molecule has 2 aliphatic heterocycles. The smallest absolute Gasteiger partial charge is 0.0386 e. The third-order valence-corrected chi connectivity index (χ3v) is 3.14. The monoisotopic (exact) mass is 153 g/mol. The Morgan fingerprint density at radius 2 is 2.60 bits per heavy atom. The summed E-state index contributed by atoms with van der Waals surface area (Å²) in [6, 6.07) is 0.621. The van der Waals surface area contributed by atoms with Crippen LogP contribution in [0.15, 0.2) is 23.6 Å². The van der Waals surface area contributed by atoms with Gasteiger partial charge in [0.25, 0.3) is 0 Å². The zero-order valence-electron chi connectivity index (χ0n) is 5.84. The van der Waals surface area contributed by atoms with Gasteiger partial charge in [0.2, 0.25) is 0 Å². The van der Waals surface area contributed by atoms with Crippen molar-refractivity contribution >= 4 is 11.8 Å². The van der Waals surface area contributed by atoms with Crippen LogP contribution in [0.25, 0.3) is 0 Å². The van der Waals surface area contributed by atoms with Crippen molar-refractivity contribution in [3.63, 3.8) is 0 Å². The summed E-state index contributed by atoms with van der Waals surface area (Å²) >= 11 is 1.93. The Bertz CT molecular complexity index is 186. The topological polar surface area (TPSA) is 12.0 Å². The molecule has 0 aliphatic carbocycles. The largest absolute Gasteiger partial charge is 0.306 e. The second-order valence-electron chi connectivity index (χ2n) is 2.86. The molecule has 0 aromatic carbocycles. The van der Waals surface area contributed by atoms with E-state index >= 15 is 0 Å². The molecule has 0 aromatic rings. The van der Waals surface area contributed by atoms with Gasteiger partial charge in [-0.1, -0.05) is 18.2 Å². The molecule has 0 saturated carbocycles. The Labute approximate surface area is 65.6 Å². The Hall–Kier alpha value is -0.210. The van der Waals surface area contributed by atoms with Crippen LogP contribution in [0.4, 0.5) is 0 Å². The van der Waals surface area contributed by atoms with Crippen LogP contribution in [0.5, 0.6) is 0 Å². The maximum absolute atomic E-state index is 3.97. The van der Waals surface area contributed by atoms with E-state index in [-0.39, 0.29) is 0 Å². The van der Waals surface area contributed by atoms with Crippen molar-refractivity contribution in [1.29, 1.82) is 0 Å². The molecule has 10 heavy (non-hydrogen) atoms. The first-order chi connectivity index (χ1) is 4.86. The van der Waals surface area contributed by atoms with E-state index in [2.05, 4.69) is 23.4 Å². The average Bonchev–Trinajstić information content (AvgIpc) is 2.33. The molecule has 1 N–H and O–H groups in total. The minimum atomic E-state index is 0.621. The highest BCUT2D eigenvalue weighted by molar-refractivity contribution is 8.03. The molecule has 2 unspecified atom stereocenters. The molecule has 54 valence electrons. The molecule has 0 aromatic heterocycles. The summed E-state index contributed by atoms with van der Waals surface area (Å²) in [5.74, 6) is 0. The van der Waals surface area contributed by atoms with E-state index < -0.39 is 0 Å². The summed E-state index contributed by atoms with van der Waals surface area (Å²) in [5, 5.41) is 6.36. The molecule has 1 saturated heterocycles. The van der Waals surface area contributed by atoms with Gasteiger partial charge in [-0.2, -0.15) is 0 Å². The second kappa shape index (κ2) is 2.44. The first-order valence-corrected chi connectivity index (χ1v) is 4.53. The van der Waals surface area contributed by atoms with Crippen LogP contribution in [0, 0.1) is 0 Å². The van der Waals surface area contributed by atoms with Crippen LogP contribution in [0.1, 0.15) is 6.42 Å². The van der Waals surface area contributed by atoms with Gasteiger partial charge in [-0.25, -0.2) is 0 Å². The molecule has 0 bridgehead atoms. The highest BCUT2D eigenvalue weighted by atomic mass is 32.2. The summed E-state index contributed by atoms with van der Waals surface area (Å²) in [6.07, 6.45) is 3.44. The first kappa shape index (κ1) is 6.50. The van der Waals surface area contributed by atoms with Crippen molar-refractivity contribution in [1.82, 2.24) is 5.32 Å². The molecule has 2 atom stereocenters. The van der Waals surface area contributed by atoms with Crippen molar-refractivity contribution < 1.29 is 0 Å². The van der Waals surface area contributed by atoms with Crippen molar-refractivity contribution in [2.75, 3.05) is 6.54 Å². The normalized spacial score (nSPS) is 38.2. The SMILES string of the molecule is C=C1CNC2C=CSC2C1. The number of hydrogen-bond donors (Lipinski definition) is 1. The van der Waals surface area contributed by atoms with Crippen molar-refractivity contribution in [2.24, 2.45) is 0 Å². The average molecular weight is 153 g/mol. The van der Waals surface area contributed by atoms with E-state index in [9.17, 15) is 0 Å². The van der Waals surface area contributed by atoms with Gasteiger partial charge < -0.3 is 5.32 Å². The molecule has 0 spiro atoms. The van der Waals surface area contributed by atoms with Gasteiger partial charge >= 0.3 is 0 Å². The molecular weight excluding hydrogens is 142 g/mol. The van der Waals surface area contributed by atoms with Crippen molar-refractivity contribution in [3.8, 4) is 0 Å². The second-order valence-corrected chi connectivity index (χ2v) is 4.01. The van der Waals surface area contributed by atoms with Gasteiger partial charge in [0.1, 0.15) is 0 Å². The number of fused-ring (bicyclic) bond motifs is 1. The van der Waals surface area contributed by atoms with Crippen LogP contribution in [0.3, 0.4) is 0 Å². The fourth-order valence-corrected chi connectivity index (χ4v) is 2.58. The summed E-state index contributed by atoms with van der Waals surface area (Å²) in [7, 11) is 0. The van der Waals surface area contributed by atoms with Gasteiger partial charge in [0, 0.05) is 17.8 Å². The lowest BCUT2D eigenvalue weighted by atomic mass is 10.0. The van der Waals surface area contributed by atoms with Crippen LogP contribution in [-0.2, 0) is 0 Å². The number of thioether (sulfide) groups is 1. The van der Waals surface area contributed by atoms with Crippen LogP contribution >= 0.6 is 11.8 Å². The van der Waals surface area contributed by atoms with Gasteiger partial charge in [-0.15, -0.1) is 11.8 Å². The van der Waals surface area contributed by atoms with E-state index in [1.165, 1.54) is 12.0 Å². The maximum atomic E-state index is 3.97. The predicted octanol–water partition coefficient (Wildman–Crippen LogP) is 1.53. The first-order valence-electron chi connectivity index (χ1n) is 3.58. The van der Waals surface area contributed by atoms with Crippen LogP contribution < -0.4 is 5.32 Å². The zero-order chi connectivity index (χ0) is 6.97. The summed E-state index contributed by atoms with van der Waals surface area (Å²) in [4.78, 5) is 0. The highest BCUT2D eigenvalue weighted by Crippen LogP contribution is 2.31. The minimum Gasteiger partial charge on any atom is -0.306 e. The zero-order valence-corrected chi connectivity index (χ0v) is 6.66. The van der Waals surface area contributed by atoms with Gasteiger partial charge in [0.15, 0.2) is 0 Å². The van der Waals surface area contributed by atoms with Gasteiger partial charge in [-0.05, 0) is 11.8 Å². The number of rotatable bonds is 0. The molecule has 1 fully saturated rings. The van der Waals surface area contributed by atoms with Crippen molar-refractivity contribution in [3.05, 3.63) is 23.6 Å². The van der Waals surface area contributed by atoms with Gasteiger partial charge in [-0.3, -0.25) is 0 Å². The fraction of sp³-hybridized carbons (Fsp3) is 0.500. The Morgan fingerprint density at radius 3 is 3.50 bits per heavy atom. The highest BCUT2D eigenvalue weighted by Gasteiger charge is 2.27. The molecule has 1 nitrogen and oxygen atoms in total. The summed E-state index contributed by atoms with van der Waals surface area (Å²) in [5.41, 5.74) is 1.34. The van der Waals surface area contributed by atoms with E-state index in [1.54, 1.807) is 0 Å². The van der Waals surface area contributed by atoms with Crippen LogP contribution in [0.2, 0.25) is 0 Å². The molecule has 0 radical (unpaired) electrons. The van der Waals surface area contributed by atoms with E-state index in [0.717, 1.165) is 11.8 Å². The standard InChI is InChI=1S/C8H11NS/c1-6-4-8-7(9-5-6)2-3-10-8/h2-3,7-9H,1,4-5H2. The summed E-state index contributed by atoms with van der Waals surface area (Å²) < 4.78 is 0. The fourth-order valence-electron chi connectivity index (χ4n) is 1.43. The molecular formula is C8H11NS. The molecule has 2 aliphatic rings. The Kier molecular flexibility index (Phi) is 1.58. The van der Waals surface area contributed by atoms with E-state index in [0.29, 0.717) is 6.04 Å². The number of piperidine rings is 1. The maximum Gasteiger partial charge on any atom is 0.0386 e. The molecule has 2 heterocycles. The lowest BCUT2D eigenvalue weighted by Gasteiger charge is -2.26. The van der Waals surface area contributed by atoms with E-state index in [4.69, 9.17) is 0 Å². The van der Waals surface area contributed by atoms with Crippen LogP contribution in [-0.4, -0.2) is 17.8 Å². The quantitative estimate of drug-likeness (QED) is 0.530. The summed E-state index contributed by atoms with van der Waals surface area (Å²) in [6.45, 7) is 4.98. The van der Waals surface area contributed by atoms with E-state index in [1.807, 2.05) is 11.8 Å². The lowest BCUT2D eigenvalue weighted by molar-refractivity contribution is 0.545. The Balaban J connectivity index is 2.07. The molecule has 2 rings (SSSR count). The predicted molar refractivity (Wildman–Crippen MR) is 46.1 cm³/mol.